The fraction of sp³-hybridized carbons (Fsp3) is 0.267. The van der Waals surface area contributed by atoms with E-state index in [9.17, 15) is 9.59 Å². The van der Waals surface area contributed by atoms with Crippen LogP contribution in [0.3, 0.4) is 0 Å². The summed E-state index contributed by atoms with van der Waals surface area (Å²) in [5.74, 6) is 0.158. The maximum absolute atomic E-state index is 13.2. The van der Waals surface area contributed by atoms with Crippen LogP contribution in [0, 0.1) is 6.92 Å². The molecule has 0 aromatic heterocycles. The van der Waals surface area contributed by atoms with Gasteiger partial charge in [-0.2, -0.15) is 0 Å². The number of ketones is 1. The second-order valence-electron chi connectivity index (χ2n) is 9.81. The number of anilines is 2. The van der Waals surface area contributed by atoms with Gasteiger partial charge in [0.2, 0.25) is 5.91 Å². The molecule has 2 aliphatic rings. The highest BCUT2D eigenvalue weighted by Crippen LogP contribution is 2.36. The molecule has 0 bridgehead atoms. The molecule has 1 heterocycles. The van der Waals surface area contributed by atoms with E-state index in [4.69, 9.17) is 7.98 Å². The predicted molar refractivity (Wildman–Crippen MR) is 150 cm³/mol. The van der Waals surface area contributed by atoms with Gasteiger partial charge in [0.25, 0.3) is 0 Å². The molecule has 3 aromatic carbocycles. The summed E-state index contributed by atoms with van der Waals surface area (Å²) in [7, 11) is 7.63. The normalized spacial score (nSPS) is 17.4. The minimum absolute atomic E-state index is 0.0433. The Morgan fingerprint density at radius 2 is 1.68 bits per heavy atom. The van der Waals surface area contributed by atoms with Gasteiger partial charge in [-0.25, -0.2) is 0 Å². The number of amides is 1. The number of nitrogens with zero attached hydrogens (tertiary/aromatic N) is 3. The zero-order valence-electron chi connectivity index (χ0n) is 21.4. The number of likely N-dealkylation sites (N-methyl/N-ethyl adjacent to an activating group) is 1. The van der Waals surface area contributed by atoms with Crippen LogP contribution in [-0.2, 0) is 16.0 Å². The van der Waals surface area contributed by atoms with E-state index in [0.29, 0.717) is 13.0 Å². The lowest BCUT2D eigenvalue weighted by molar-refractivity contribution is -0.119. The highest BCUT2D eigenvalue weighted by atomic mass is 16.2. The first-order valence-corrected chi connectivity index (χ1v) is 12.7. The first-order chi connectivity index (χ1) is 17.9. The molecule has 6 nitrogen and oxygen atoms in total. The van der Waals surface area contributed by atoms with Crippen LogP contribution in [0.4, 0.5) is 11.4 Å². The van der Waals surface area contributed by atoms with E-state index in [-0.39, 0.29) is 11.7 Å². The lowest BCUT2D eigenvalue weighted by atomic mass is 9.99. The van der Waals surface area contributed by atoms with Crippen LogP contribution >= 0.6 is 0 Å². The molecule has 0 atom stereocenters. The van der Waals surface area contributed by atoms with Crippen LogP contribution in [0.2, 0.25) is 0 Å². The maximum Gasteiger partial charge on any atom is 0.240 e. The number of carbonyl (C=O) groups excluding carboxylic acids is 2. The molecule has 1 amide bonds. The van der Waals surface area contributed by atoms with E-state index in [1.54, 1.807) is 16.8 Å². The molecule has 7 heteroatoms. The summed E-state index contributed by atoms with van der Waals surface area (Å²) >= 11 is 0. The number of rotatable bonds is 6. The van der Waals surface area contributed by atoms with Gasteiger partial charge in [-0.15, -0.1) is 0 Å². The van der Waals surface area contributed by atoms with Gasteiger partial charge in [0.1, 0.15) is 0 Å². The van der Waals surface area contributed by atoms with Crippen molar-refractivity contribution in [1.82, 2.24) is 9.71 Å². The molecule has 1 N–H and O–H groups in total. The summed E-state index contributed by atoms with van der Waals surface area (Å²) < 4.78 is 0. The highest BCUT2D eigenvalue weighted by molar-refractivity contribution is 6.32. The topological polar surface area (TPSA) is 55.9 Å². The molecule has 0 spiro atoms. The third-order valence-corrected chi connectivity index (χ3v) is 7.14. The number of carbonyl (C=O) groups is 2. The average molecular weight is 490 g/mol. The number of benzene rings is 3. The zero-order chi connectivity index (χ0) is 25.9. The summed E-state index contributed by atoms with van der Waals surface area (Å²) in [5.41, 5.74) is 7.34. The fourth-order valence-electron chi connectivity index (χ4n) is 4.96. The van der Waals surface area contributed by atoms with Gasteiger partial charge in [0, 0.05) is 43.5 Å². The quantitative estimate of drug-likeness (QED) is 0.421. The first-order valence-electron chi connectivity index (χ1n) is 12.7. The van der Waals surface area contributed by atoms with Crippen molar-refractivity contribution in [3.63, 3.8) is 0 Å². The van der Waals surface area contributed by atoms with Gasteiger partial charge in [0.05, 0.1) is 12.2 Å². The van der Waals surface area contributed by atoms with Crippen LogP contribution in [0.5, 0.6) is 0 Å². The van der Waals surface area contributed by atoms with Gasteiger partial charge in [0.15, 0.2) is 13.8 Å². The molecular weight excluding hydrogens is 459 g/mol. The average Bonchev–Trinajstić information content (AvgIpc) is 3.23. The molecule has 5 rings (SSSR count). The van der Waals surface area contributed by atoms with E-state index >= 15 is 0 Å². The molecule has 0 saturated carbocycles. The lowest BCUT2D eigenvalue weighted by Gasteiger charge is -2.33. The van der Waals surface area contributed by atoms with Crippen LogP contribution < -0.4 is 10.2 Å². The number of fused-ring (bicyclic) bond motifs is 1. The Kier molecular flexibility index (Phi) is 7.26. The van der Waals surface area contributed by atoms with Crippen molar-refractivity contribution in [2.45, 2.75) is 13.3 Å². The molecule has 3 aromatic rings. The van der Waals surface area contributed by atoms with Crippen LogP contribution in [0.15, 0.2) is 72.8 Å². The molecule has 1 aliphatic carbocycles. The van der Waals surface area contributed by atoms with Crippen molar-refractivity contribution < 1.29 is 9.59 Å². The number of aryl methyl sites for hydroxylation is 1. The summed E-state index contributed by atoms with van der Waals surface area (Å²) in [5, 5.41) is 3.52. The van der Waals surface area contributed by atoms with Crippen molar-refractivity contribution in [3.05, 3.63) is 95.1 Å². The molecule has 1 aliphatic heterocycles. The molecular formula is C30H31BN4O2. The van der Waals surface area contributed by atoms with Crippen molar-refractivity contribution in [2.75, 3.05) is 50.0 Å². The van der Waals surface area contributed by atoms with Crippen molar-refractivity contribution in [2.24, 2.45) is 0 Å². The Morgan fingerprint density at radius 3 is 2.38 bits per heavy atom. The summed E-state index contributed by atoms with van der Waals surface area (Å²) in [6.45, 7) is 5.53. The molecule has 186 valence electrons. The van der Waals surface area contributed by atoms with E-state index < -0.39 is 0 Å². The number of piperazine rings is 1. The summed E-state index contributed by atoms with van der Waals surface area (Å²) in [6.07, 6.45) is 0.413. The zero-order valence-corrected chi connectivity index (χ0v) is 21.4. The number of hydrogen-bond donors (Lipinski definition) is 1. The second-order valence-corrected chi connectivity index (χ2v) is 9.81. The molecule has 0 unspecified atom stereocenters. The predicted octanol–water partition coefficient (Wildman–Crippen LogP) is 3.76. The van der Waals surface area contributed by atoms with E-state index in [1.165, 1.54) is 0 Å². The second kappa shape index (κ2) is 10.7. The SMILES string of the molecule is [B]N1CCN(CC(=O)N(C)c2ccc(N/C(=C3\C(=O)Cc4cc(C)ccc43)c3ccccc3)cc2)CC1. The fourth-order valence-corrected chi connectivity index (χ4v) is 4.96. The number of allylic oxidation sites excluding steroid dienone is 1. The first kappa shape index (κ1) is 25.0. The molecule has 2 radical (unpaired) electrons. The van der Waals surface area contributed by atoms with Crippen molar-refractivity contribution in [3.8, 4) is 0 Å². The number of Topliss-reactive ketones (excluding diaryl/α,β-unsaturated/α-hetero) is 1. The Hall–Kier alpha value is -3.68. The van der Waals surface area contributed by atoms with E-state index in [2.05, 4.69) is 22.3 Å². The minimum atomic E-state index is 0.0433. The van der Waals surface area contributed by atoms with E-state index in [0.717, 1.165) is 71.1 Å². The van der Waals surface area contributed by atoms with Gasteiger partial charge in [-0.05, 0) is 61.0 Å². The van der Waals surface area contributed by atoms with Gasteiger partial charge in [-0.1, -0.05) is 54.1 Å². The minimum Gasteiger partial charge on any atom is -0.354 e. The van der Waals surface area contributed by atoms with Crippen LogP contribution in [0.1, 0.15) is 22.3 Å². The van der Waals surface area contributed by atoms with Crippen molar-refractivity contribution in [1.29, 1.82) is 0 Å². The van der Waals surface area contributed by atoms with Gasteiger partial charge >= 0.3 is 0 Å². The largest absolute Gasteiger partial charge is 0.354 e. The Morgan fingerprint density at radius 1 is 0.973 bits per heavy atom. The molecule has 1 fully saturated rings. The Balaban J connectivity index is 1.38. The third-order valence-electron chi connectivity index (χ3n) is 7.14. The lowest BCUT2D eigenvalue weighted by Crippen LogP contribution is -2.48. The smallest absolute Gasteiger partial charge is 0.240 e. The standard InChI is InChI=1S/C30H31BN4O2/c1-21-8-13-26-23(18-21)19-27(36)29(26)30(22-6-4-3-5-7-22)32-24-9-11-25(12-10-24)33(2)28(37)20-34-14-16-35(31)17-15-34/h3-13,18,32H,14-17,19-20H2,1-2H3/b30-29-. The Bertz CT molecular complexity index is 1330. The van der Waals surface area contributed by atoms with Gasteiger partial charge in [-0.3, -0.25) is 14.5 Å². The third kappa shape index (κ3) is 5.53. The molecule has 1 saturated heterocycles. The number of hydrogen-bond acceptors (Lipinski definition) is 5. The van der Waals surface area contributed by atoms with E-state index in [1.807, 2.05) is 67.6 Å². The van der Waals surface area contributed by atoms with Gasteiger partial charge < -0.3 is 15.0 Å². The Labute approximate surface area is 220 Å². The highest BCUT2D eigenvalue weighted by Gasteiger charge is 2.28. The maximum atomic E-state index is 13.2. The number of nitrogens with one attached hydrogen (secondary N) is 1. The van der Waals surface area contributed by atoms with Crippen LogP contribution in [-0.4, -0.2) is 69.2 Å². The van der Waals surface area contributed by atoms with Crippen LogP contribution in [0.25, 0.3) is 11.3 Å². The summed E-state index contributed by atoms with van der Waals surface area (Å²) in [4.78, 5) is 31.7. The molecule has 37 heavy (non-hydrogen) atoms. The summed E-state index contributed by atoms with van der Waals surface area (Å²) in [6, 6.07) is 23.9. The monoisotopic (exact) mass is 490 g/mol. The van der Waals surface area contributed by atoms with Crippen molar-refractivity contribution >= 4 is 42.3 Å².